The van der Waals surface area contributed by atoms with Gasteiger partial charge in [0.1, 0.15) is 24.5 Å². The molecule has 0 aliphatic carbocycles. The van der Waals surface area contributed by atoms with Gasteiger partial charge in [-0.15, -0.1) is 0 Å². The van der Waals surface area contributed by atoms with Crippen LogP contribution in [0.4, 0.5) is 5.82 Å². The Labute approximate surface area is 151 Å². The van der Waals surface area contributed by atoms with Crippen LogP contribution < -0.4 is 10.1 Å². The molecule has 1 aliphatic heterocycles. The molecule has 1 fully saturated rings. The number of aromatic amines is 1. The minimum absolute atomic E-state index is 0.616. The molecule has 136 valence electrons. The predicted molar refractivity (Wildman–Crippen MR) is 98.2 cm³/mol. The summed E-state index contributed by atoms with van der Waals surface area (Å²) in [7, 11) is 0. The molecule has 2 aromatic heterocycles. The van der Waals surface area contributed by atoms with E-state index < -0.39 is 0 Å². The van der Waals surface area contributed by atoms with Crippen molar-refractivity contribution in [1.82, 2.24) is 25.1 Å². The topological polar surface area (TPSA) is 88.2 Å². The van der Waals surface area contributed by atoms with Crippen molar-refractivity contribution in [2.75, 3.05) is 44.8 Å². The summed E-state index contributed by atoms with van der Waals surface area (Å²) in [5, 5.41) is 11.1. The number of benzene rings is 1. The van der Waals surface area contributed by atoms with Crippen molar-refractivity contribution < 1.29 is 9.47 Å². The first-order chi connectivity index (χ1) is 12.9. The number of ether oxygens (including phenoxy) is 2. The lowest BCUT2D eigenvalue weighted by Crippen LogP contribution is -2.38. The molecule has 0 atom stereocenters. The van der Waals surface area contributed by atoms with Gasteiger partial charge in [-0.25, -0.2) is 9.97 Å². The molecule has 1 aliphatic rings. The van der Waals surface area contributed by atoms with E-state index in [0.717, 1.165) is 61.0 Å². The van der Waals surface area contributed by atoms with Crippen LogP contribution in [0.3, 0.4) is 0 Å². The molecule has 8 heteroatoms. The molecule has 8 nitrogen and oxygen atoms in total. The molecule has 1 aromatic carbocycles. The summed E-state index contributed by atoms with van der Waals surface area (Å²) in [6.45, 7) is 5.75. The third-order valence-electron chi connectivity index (χ3n) is 4.44. The zero-order chi connectivity index (χ0) is 17.6. The number of para-hydroxylation sites is 1. The second kappa shape index (κ2) is 8.11. The molecule has 2 N–H and O–H groups in total. The molecule has 1 saturated heterocycles. The van der Waals surface area contributed by atoms with Crippen molar-refractivity contribution in [1.29, 1.82) is 0 Å². The minimum atomic E-state index is 0.616. The van der Waals surface area contributed by atoms with Gasteiger partial charge in [0.25, 0.3) is 0 Å². The monoisotopic (exact) mass is 354 g/mol. The molecule has 3 aromatic rings. The lowest BCUT2D eigenvalue weighted by molar-refractivity contribution is 0.0322. The molecule has 0 radical (unpaired) electrons. The number of nitrogens with zero attached hydrogens (tertiary/aromatic N) is 4. The van der Waals surface area contributed by atoms with Crippen molar-refractivity contribution in [3.63, 3.8) is 0 Å². The SMILES string of the molecule is c1ccc(OCCN2CCOCC2)c(CNc2ncnc3[nH]ncc23)c1. The molecular weight excluding hydrogens is 332 g/mol. The molecule has 0 amide bonds. The number of morpholine rings is 1. The Morgan fingerprint density at radius 2 is 2.08 bits per heavy atom. The van der Waals surface area contributed by atoms with Crippen LogP contribution >= 0.6 is 0 Å². The summed E-state index contributed by atoms with van der Waals surface area (Å²) in [5.74, 6) is 1.65. The van der Waals surface area contributed by atoms with Gasteiger partial charge in [0.15, 0.2) is 5.65 Å². The molecular formula is C18H22N6O2. The minimum Gasteiger partial charge on any atom is -0.492 e. The van der Waals surface area contributed by atoms with Gasteiger partial charge in [0, 0.05) is 31.7 Å². The fourth-order valence-electron chi connectivity index (χ4n) is 2.98. The fourth-order valence-corrected chi connectivity index (χ4v) is 2.98. The lowest BCUT2D eigenvalue weighted by atomic mass is 10.2. The molecule has 0 saturated carbocycles. The number of rotatable bonds is 7. The third kappa shape index (κ3) is 3.92. The maximum absolute atomic E-state index is 6.03. The Bertz CT molecular complexity index is 846. The number of hydrogen-bond donors (Lipinski definition) is 2. The van der Waals surface area contributed by atoms with Gasteiger partial charge in [-0.1, -0.05) is 18.2 Å². The average molecular weight is 354 g/mol. The highest BCUT2D eigenvalue weighted by Crippen LogP contribution is 2.21. The van der Waals surface area contributed by atoms with Gasteiger partial charge in [-0.05, 0) is 6.07 Å². The summed E-state index contributed by atoms with van der Waals surface area (Å²) < 4.78 is 11.4. The van der Waals surface area contributed by atoms with E-state index in [0.29, 0.717) is 13.2 Å². The number of nitrogens with one attached hydrogen (secondary N) is 2. The van der Waals surface area contributed by atoms with Crippen LogP contribution in [0, 0.1) is 0 Å². The van der Waals surface area contributed by atoms with Crippen LogP contribution in [0.15, 0.2) is 36.8 Å². The van der Waals surface area contributed by atoms with E-state index in [9.17, 15) is 0 Å². The fraction of sp³-hybridized carbons (Fsp3) is 0.389. The van der Waals surface area contributed by atoms with Gasteiger partial charge < -0.3 is 14.8 Å². The first-order valence-corrected chi connectivity index (χ1v) is 8.79. The Hall–Kier alpha value is -2.71. The number of anilines is 1. The molecule has 4 rings (SSSR count). The quantitative estimate of drug-likeness (QED) is 0.667. The van der Waals surface area contributed by atoms with E-state index in [4.69, 9.17) is 9.47 Å². The summed E-state index contributed by atoms with van der Waals surface area (Å²) >= 11 is 0. The normalized spacial score (nSPS) is 15.2. The zero-order valence-electron chi connectivity index (χ0n) is 14.5. The van der Waals surface area contributed by atoms with Crippen molar-refractivity contribution in [3.05, 3.63) is 42.4 Å². The first-order valence-electron chi connectivity index (χ1n) is 8.79. The van der Waals surface area contributed by atoms with E-state index >= 15 is 0 Å². The largest absolute Gasteiger partial charge is 0.492 e. The molecule has 0 unspecified atom stereocenters. The Balaban J connectivity index is 1.37. The number of H-pyrrole nitrogens is 1. The number of aromatic nitrogens is 4. The number of hydrogen-bond acceptors (Lipinski definition) is 7. The van der Waals surface area contributed by atoms with Gasteiger partial charge in [-0.2, -0.15) is 5.10 Å². The number of fused-ring (bicyclic) bond motifs is 1. The van der Waals surface area contributed by atoms with Crippen molar-refractivity contribution in [2.45, 2.75) is 6.54 Å². The Morgan fingerprint density at radius 1 is 1.19 bits per heavy atom. The summed E-state index contributed by atoms with van der Waals surface area (Å²) in [6.07, 6.45) is 3.25. The van der Waals surface area contributed by atoms with E-state index in [1.54, 1.807) is 6.20 Å². The van der Waals surface area contributed by atoms with Crippen LogP contribution in [0.1, 0.15) is 5.56 Å². The molecule has 0 bridgehead atoms. The summed E-state index contributed by atoms with van der Waals surface area (Å²) in [6, 6.07) is 8.07. The summed E-state index contributed by atoms with van der Waals surface area (Å²) in [5.41, 5.74) is 1.81. The first kappa shape index (κ1) is 16.7. The Morgan fingerprint density at radius 3 is 3.00 bits per heavy atom. The van der Waals surface area contributed by atoms with Crippen LogP contribution in [-0.4, -0.2) is 64.5 Å². The van der Waals surface area contributed by atoms with Crippen molar-refractivity contribution in [3.8, 4) is 5.75 Å². The van der Waals surface area contributed by atoms with Crippen LogP contribution in [0.2, 0.25) is 0 Å². The van der Waals surface area contributed by atoms with Gasteiger partial charge >= 0.3 is 0 Å². The standard InChI is InChI=1S/C18H22N6O2/c1-2-4-16(26-10-7-24-5-8-25-9-6-24)14(3-1)11-19-17-15-12-22-23-18(15)21-13-20-17/h1-4,12-13H,5-11H2,(H2,19,20,21,22,23). The third-order valence-corrected chi connectivity index (χ3v) is 4.44. The van der Waals surface area contributed by atoms with Gasteiger partial charge in [0.05, 0.1) is 24.8 Å². The van der Waals surface area contributed by atoms with E-state index in [1.807, 2.05) is 18.2 Å². The second-order valence-corrected chi connectivity index (χ2v) is 6.12. The highest BCUT2D eigenvalue weighted by Gasteiger charge is 2.11. The van der Waals surface area contributed by atoms with Crippen LogP contribution in [0.25, 0.3) is 11.0 Å². The molecule has 0 spiro atoms. The van der Waals surface area contributed by atoms with Gasteiger partial charge in [-0.3, -0.25) is 10.00 Å². The maximum atomic E-state index is 6.03. The van der Waals surface area contributed by atoms with E-state index in [-0.39, 0.29) is 0 Å². The zero-order valence-corrected chi connectivity index (χ0v) is 14.5. The highest BCUT2D eigenvalue weighted by molar-refractivity contribution is 5.85. The van der Waals surface area contributed by atoms with E-state index in [2.05, 4.69) is 36.4 Å². The van der Waals surface area contributed by atoms with Crippen LogP contribution in [0.5, 0.6) is 5.75 Å². The van der Waals surface area contributed by atoms with Crippen molar-refractivity contribution in [2.24, 2.45) is 0 Å². The lowest BCUT2D eigenvalue weighted by Gasteiger charge is -2.26. The van der Waals surface area contributed by atoms with Crippen LogP contribution in [-0.2, 0) is 11.3 Å². The maximum Gasteiger partial charge on any atom is 0.160 e. The molecule has 26 heavy (non-hydrogen) atoms. The highest BCUT2D eigenvalue weighted by atomic mass is 16.5. The summed E-state index contributed by atoms with van der Waals surface area (Å²) in [4.78, 5) is 10.8. The second-order valence-electron chi connectivity index (χ2n) is 6.12. The smallest absolute Gasteiger partial charge is 0.160 e. The van der Waals surface area contributed by atoms with Crippen molar-refractivity contribution >= 4 is 16.9 Å². The Kier molecular flexibility index (Phi) is 5.22. The van der Waals surface area contributed by atoms with Gasteiger partial charge in [0.2, 0.25) is 0 Å². The average Bonchev–Trinajstić information content (AvgIpc) is 3.17. The predicted octanol–water partition coefficient (Wildman–Crippen LogP) is 1.68. The molecule has 3 heterocycles. The van der Waals surface area contributed by atoms with E-state index in [1.165, 1.54) is 6.33 Å².